The monoisotopic (exact) mass is 405 g/mol. The molecular weight excluding hydrogens is 388 g/mol. The molecule has 0 bridgehead atoms. The maximum absolute atomic E-state index is 14.1. The number of aromatic nitrogens is 1. The van der Waals surface area contributed by atoms with Crippen LogP contribution < -0.4 is 0 Å². The number of hydrogen-bond acceptors (Lipinski definition) is 2. The SMILES string of the molecule is COC(=O)C/C=C/c1cc(F)cc2c(C)cn(Cc3ccc(Cl)cc3Cl)c12. The van der Waals surface area contributed by atoms with Crippen molar-refractivity contribution in [3.63, 3.8) is 0 Å². The van der Waals surface area contributed by atoms with Gasteiger partial charge in [-0.2, -0.15) is 0 Å². The molecule has 2 aromatic carbocycles. The van der Waals surface area contributed by atoms with Gasteiger partial charge in [0, 0.05) is 33.7 Å². The summed E-state index contributed by atoms with van der Waals surface area (Å²) in [5, 5.41) is 1.97. The van der Waals surface area contributed by atoms with Crippen molar-refractivity contribution in [1.82, 2.24) is 4.57 Å². The Balaban J connectivity index is 2.06. The summed E-state index contributed by atoms with van der Waals surface area (Å²) in [7, 11) is 1.33. The second-order valence-electron chi connectivity index (χ2n) is 6.25. The first-order valence-electron chi connectivity index (χ1n) is 8.35. The Morgan fingerprint density at radius 3 is 2.74 bits per heavy atom. The predicted octanol–water partition coefficient (Wildman–Crippen LogP) is 6.02. The van der Waals surface area contributed by atoms with Crippen molar-refractivity contribution < 1.29 is 13.9 Å². The normalized spacial score (nSPS) is 11.4. The molecule has 0 spiro atoms. The van der Waals surface area contributed by atoms with Crippen molar-refractivity contribution in [1.29, 1.82) is 0 Å². The second-order valence-corrected chi connectivity index (χ2v) is 7.09. The Hall–Kier alpha value is -2.30. The maximum Gasteiger partial charge on any atom is 0.309 e. The molecule has 0 amide bonds. The van der Waals surface area contributed by atoms with Gasteiger partial charge in [0.1, 0.15) is 5.82 Å². The molecule has 0 unspecified atom stereocenters. The molecule has 0 aliphatic heterocycles. The van der Waals surface area contributed by atoms with Crippen molar-refractivity contribution in [3.05, 3.63) is 75.2 Å². The molecule has 0 radical (unpaired) electrons. The van der Waals surface area contributed by atoms with Crippen LogP contribution in [0.5, 0.6) is 0 Å². The number of rotatable bonds is 5. The fraction of sp³-hybridized carbons (Fsp3) is 0.190. The number of benzene rings is 2. The first kappa shape index (κ1) is 19.5. The highest BCUT2D eigenvalue weighted by Gasteiger charge is 2.13. The van der Waals surface area contributed by atoms with E-state index in [1.54, 1.807) is 24.3 Å². The van der Waals surface area contributed by atoms with Gasteiger partial charge in [0.15, 0.2) is 0 Å². The number of nitrogens with zero attached hydrogens (tertiary/aromatic N) is 1. The average molecular weight is 406 g/mol. The lowest BCUT2D eigenvalue weighted by molar-refractivity contribution is -0.139. The maximum atomic E-state index is 14.1. The molecule has 1 aromatic heterocycles. The van der Waals surface area contributed by atoms with Crippen molar-refractivity contribution in [2.24, 2.45) is 0 Å². The number of hydrogen-bond donors (Lipinski definition) is 0. The van der Waals surface area contributed by atoms with Crippen LogP contribution in [0.2, 0.25) is 10.0 Å². The third kappa shape index (κ3) is 4.34. The fourth-order valence-electron chi connectivity index (χ4n) is 3.06. The van der Waals surface area contributed by atoms with Crippen LogP contribution in [0.4, 0.5) is 4.39 Å². The van der Waals surface area contributed by atoms with E-state index in [1.165, 1.54) is 19.2 Å². The second kappa shape index (κ2) is 8.15. The summed E-state index contributed by atoms with van der Waals surface area (Å²) >= 11 is 12.3. The third-order valence-electron chi connectivity index (χ3n) is 4.33. The van der Waals surface area contributed by atoms with Gasteiger partial charge in [0.05, 0.1) is 19.0 Å². The molecule has 0 atom stereocenters. The molecule has 0 saturated carbocycles. The molecule has 1 heterocycles. The first-order chi connectivity index (χ1) is 12.9. The number of esters is 1. The molecule has 140 valence electrons. The van der Waals surface area contributed by atoms with Crippen molar-refractivity contribution in [2.75, 3.05) is 7.11 Å². The topological polar surface area (TPSA) is 31.2 Å². The third-order valence-corrected chi connectivity index (χ3v) is 4.92. The minimum absolute atomic E-state index is 0.122. The van der Waals surface area contributed by atoms with Crippen LogP contribution >= 0.6 is 23.2 Å². The molecule has 3 rings (SSSR count). The Morgan fingerprint density at radius 1 is 1.26 bits per heavy atom. The smallest absolute Gasteiger partial charge is 0.309 e. The number of halogens is 3. The van der Waals surface area contributed by atoms with Crippen LogP contribution in [0.3, 0.4) is 0 Å². The van der Waals surface area contributed by atoms with Crippen LogP contribution in [0.1, 0.15) is 23.1 Å². The number of ether oxygens (including phenoxy) is 1. The van der Waals surface area contributed by atoms with Gasteiger partial charge in [-0.25, -0.2) is 4.39 Å². The van der Waals surface area contributed by atoms with E-state index in [-0.39, 0.29) is 18.2 Å². The minimum Gasteiger partial charge on any atom is -0.469 e. The standard InChI is InChI=1S/C21H18Cl2FNO2/c1-13-11-25(12-15-6-7-16(22)9-19(15)23)21-14(4-3-5-20(26)27-2)8-17(24)10-18(13)21/h3-4,6-11H,5,12H2,1-2H3/b4-3+. The van der Waals surface area contributed by atoms with E-state index in [9.17, 15) is 9.18 Å². The van der Waals surface area contributed by atoms with E-state index < -0.39 is 0 Å². The molecule has 0 fully saturated rings. The number of methoxy groups -OCH3 is 1. The Labute approximate surface area is 167 Å². The molecule has 0 aliphatic carbocycles. The molecule has 3 aromatic rings. The van der Waals surface area contributed by atoms with E-state index in [2.05, 4.69) is 4.74 Å². The predicted molar refractivity (Wildman–Crippen MR) is 108 cm³/mol. The zero-order chi connectivity index (χ0) is 19.6. The van der Waals surface area contributed by atoms with Crippen LogP contribution in [0.15, 0.2) is 42.6 Å². The van der Waals surface area contributed by atoms with Gasteiger partial charge in [-0.15, -0.1) is 0 Å². The Kier molecular flexibility index (Phi) is 5.88. The molecule has 0 saturated heterocycles. The Bertz CT molecular complexity index is 1040. The zero-order valence-corrected chi connectivity index (χ0v) is 16.4. The molecule has 0 aliphatic rings. The summed E-state index contributed by atoms with van der Waals surface area (Å²) in [4.78, 5) is 11.3. The highest BCUT2D eigenvalue weighted by Crippen LogP contribution is 2.29. The number of carbonyl (C=O) groups is 1. The van der Waals surface area contributed by atoms with Gasteiger partial charge < -0.3 is 9.30 Å². The number of fused-ring (bicyclic) bond motifs is 1. The van der Waals surface area contributed by atoms with Gasteiger partial charge >= 0.3 is 5.97 Å². The fourth-order valence-corrected chi connectivity index (χ4v) is 3.53. The van der Waals surface area contributed by atoms with E-state index in [4.69, 9.17) is 23.2 Å². The molecule has 3 nitrogen and oxygen atoms in total. The quantitative estimate of drug-likeness (QED) is 0.485. The van der Waals surface area contributed by atoms with Crippen molar-refractivity contribution in [2.45, 2.75) is 19.9 Å². The summed E-state index contributed by atoms with van der Waals surface area (Å²) in [5.41, 5.74) is 3.43. The summed E-state index contributed by atoms with van der Waals surface area (Å²) in [6.07, 6.45) is 5.49. The average Bonchev–Trinajstić information content (AvgIpc) is 2.93. The van der Waals surface area contributed by atoms with Crippen LogP contribution in [0, 0.1) is 12.7 Å². The van der Waals surface area contributed by atoms with Crippen LogP contribution in [0.25, 0.3) is 17.0 Å². The number of aryl methyl sites for hydroxylation is 1. The van der Waals surface area contributed by atoms with Crippen molar-refractivity contribution in [3.8, 4) is 0 Å². The zero-order valence-electron chi connectivity index (χ0n) is 14.9. The lowest BCUT2D eigenvalue weighted by atomic mass is 10.1. The minimum atomic E-state index is -0.349. The van der Waals surface area contributed by atoms with E-state index >= 15 is 0 Å². The van der Waals surface area contributed by atoms with Gasteiger partial charge in [-0.3, -0.25) is 4.79 Å². The summed E-state index contributed by atoms with van der Waals surface area (Å²) < 4.78 is 20.8. The highest BCUT2D eigenvalue weighted by atomic mass is 35.5. The molecule has 27 heavy (non-hydrogen) atoms. The van der Waals surface area contributed by atoms with E-state index in [1.807, 2.05) is 23.8 Å². The highest BCUT2D eigenvalue weighted by molar-refractivity contribution is 6.35. The Morgan fingerprint density at radius 2 is 2.04 bits per heavy atom. The summed E-state index contributed by atoms with van der Waals surface area (Å²) in [6.45, 7) is 2.45. The van der Waals surface area contributed by atoms with Crippen molar-refractivity contribution >= 4 is 46.2 Å². The molecular formula is C21H18Cl2FNO2. The summed E-state index contributed by atoms with van der Waals surface area (Å²) in [6, 6.07) is 8.34. The largest absolute Gasteiger partial charge is 0.469 e. The molecule has 0 N–H and O–H groups in total. The molecule has 6 heteroatoms. The number of carbonyl (C=O) groups excluding carboxylic acids is 1. The van der Waals surface area contributed by atoms with Gasteiger partial charge in [-0.05, 0) is 42.3 Å². The lowest BCUT2D eigenvalue weighted by Crippen LogP contribution is -2.00. The first-order valence-corrected chi connectivity index (χ1v) is 9.11. The van der Waals surface area contributed by atoms with E-state index in [0.29, 0.717) is 22.2 Å². The van der Waals surface area contributed by atoms with Gasteiger partial charge in [-0.1, -0.05) is 41.4 Å². The summed E-state index contributed by atoms with van der Waals surface area (Å²) in [5.74, 6) is -0.677. The van der Waals surface area contributed by atoms with E-state index in [0.717, 1.165) is 22.0 Å². The van der Waals surface area contributed by atoms with Gasteiger partial charge in [0.25, 0.3) is 0 Å². The van der Waals surface area contributed by atoms with Crippen LogP contribution in [-0.4, -0.2) is 17.6 Å². The lowest BCUT2D eigenvalue weighted by Gasteiger charge is -2.10. The van der Waals surface area contributed by atoms with Gasteiger partial charge in [0.2, 0.25) is 0 Å². The van der Waals surface area contributed by atoms with Crippen LogP contribution in [-0.2, 0) is 16.1 Å².